The maximum atomic E-state index is 14.2. The Balaban J connectivity index is 2.37. The molecule has 20 heavy (non-hydrogen) atoms. The summed E-state index contributed by atoms with van der Waals surface area (Å²) in [5.41, 5.74) is 1.08. The van der Waals surface area contributed by atoms with Crippen LogP contribution >= 0.6 is 15.9 Å². The van der Waals surface area contributed by atoms with Crippen molar-refractivity contribution in [1.29, 1.82) is 0 Å². The molecule has 1 atom stereocenters. The molecule has 0 amide bonds. The van der Waals surface area contributed by atoms with Crippen LogP contribution < -0.4 is 5.32 Å². The van der Waals surface area contributed by atoms with E-state index in [0.717, 1.165) is 31.8 Å². The number of piperazine rings is 1. The SMILES string of the molecule is C=C(C)C[C@@H](c1c(F)cc(Br)cc1F)N1CCNCC1. The maximum Gasteiger partial charge on any atom is 0.132 e. The van der Waals surface area contributed by atoms with Gasteiger partial charge in [0.05, 0.1) is 0 Å². The summed E-state index contributed by atoms with van der Waals surface area (Å²) in [5.74, 6) is -0.997. The fourth-order valence-electron chi connectivity index (χ4n) is 2.61. The molecule has 0 unspecified atom stereocenters. The second-order valence-electron chi connectivity index (χ2n) is 5.25. The van der Waals surface area contributed by atoms with Crippen molar-refractivity contribution in [2.75, 3.05) is 26.2 Å². The standard InChI is InChI=1S/C15H19BrF2N2/c1-10(2)7-14(20-5-3-19-4-6-20)15-12(17)8-11(16)9-13(15)18/h8-9,14,19H,1,3-7H2,2H3/t14-/m0/s1. The summed E-state index contributed by atoms with van der Waals surface area (Å²) in [4.78, 5) is 2.13. The van der Waals surface area contributed by atoms with Crippen molar-refractivity contribution in [2.24, 2.45) is 0 Å². The largest absolute Gasteiger partial charge is 0.314 e. The first-order valence-corrected chi connectivity index (χ1v) is 7.52. The van der Waals surface area contributed by atoms with Gasteiger partial charge >= 0.3 is 0 Å². The zero-order chi connectivity index (χ0) is 14.7. The highest BCUT2D eigenvalue weighted by atomic mass is 79.9. The molecule has 0 radical (unpaired) electrons. The molecule has 0 spiro atoms. The monoisotopic (exact) mass is 344 g/mol. The molecule has 1 saturated heterocycles. The molecule has 0 aliphatic carbocycles. The van der Waals surface area contributed by atoms with Crippen molar-refractivity contribution in [1.82, 2.24) is 10.2 Å². The molecule has 1 fully saturated rings. The minimum atomic E-state index is -0.498. The average molecular weight is 345 g/mol. The average Bonchev–Trinajstić information content (AvgIpc) is 2.37. The van der Waals surface area contributed by atoms with E-state index in [1.807, 2.05) is 6.92 Å². The molecule has 1 N–H and O–H groups in total. The molecule has 1 heterocycles. The first-order valence-electron chi connectivity index (χ1n) is 6.72. The van der Waals surface area contributed by atoms with Crippen LogP contribution in [-0.4, -0.2) is 31.1 Å². The van der Waals surface area contributed by atoms with Crippen LogP contribution in [-0.2, 0) is 0 Å². The minimum Gasteiger partial charge on any atom is -0.314 e. The lowest BCUT2D eigenvalue weighted by atomic mass is 9.97. The van der Waals surface area contributed by atoms with E-state index in [9.17, 15) is 8.78 Å². The molecule has 0 bridgehead atoms. The Morgan fingerprint density at radius 2 is 1.90 bits per heavy atom. The topological polar surface area (TPSA) is 15.3 Å². The number of nitrogens with one attached hydrogen (secondary N) is 1. The molecule has 0 aromatic heterocycles. The van der Waals surface area contributed by atoms with Gasteiger partial charge in [-0.25, -0.2) is 8.78 Å². The van der Waals surface area contributed by atoms with Crippen LogP contribution in [0.5, 0.6) is 0 Å². The Morgan fingerprint density at radius 1 is 1.35 bits per heavy atom. The molecule has 1 aromatic rings. The van der Waals surface area contributed by atoms with E-state index >= 15 is 0 Å². The molecule has 110 valence electrons. The van der Waals surface area contributed by atoms with Crippen LogP contribution in [0.4, 0.5) is 8.78 Å². The minimum absolute atomic E-state index is 0.151. The lowest BCUT2D eigenvalue weighted by Gasteiger charge is -2.35. The number of hydrogen-bond donors (Lipinski definition) is 1. The van der Waals surface area contributed by atoms with Crippen molar-refractivity contribution in [3.05, 3.63) is 46.0 Å². The normalized spacial score (nSPS) is 18.0. The zero-order valence-electron chi connectivity index (χ0n) is 11.6. The van der Waals surface area contributed by atoms with E-state index in [1.165, 1.54) is 12.1 Å². The predicted octanol–water partition coefficient (Wildman–Crippen LogP) is 3.64. The van der Waals surface area contributed by atoms with Gasteiger partial charge in [-0.05, 0) is 25.5 Å². The molecular formula is C15H19BrF2N2. The summed E-state index contributed by atoms with van der Waals surface area (Å²) in [6, 6.07) is 2.36. The van der Waals surface area contributed by atoms with Gasteiger partial charge in [0.25, 0.3) is 0 Å². The van der Waals surface area contributed by atoms with Crippen molar-refractivity contribution in [3.8, 4) is 0 Å². The summed E-state index contributed by atoms with van der Waals surface area (Å²) in [5, 5.41) is 3.25. The van der Waals surface area contributed by atoms with E-state index in [2.05, 4.69) is 32.7 Å². The van der Waals surface area contributed by atoms with E-state index in [-0.39, 0.29) is 11.6 Å². The second kappa shape index (κ2) is 6.78. The Labute approximate surface area is 127 Å². The first-order chi connectivity index (χ1) is 9.49. The summed E-state index contributed by atoms with van der Waals surface area (Å²) in [6.07, 6.45) is 0.565. The summed E-state index contributed by atoms with van der Waals surface area (Å²) < 4.78 is 28.9. The third-order valence-corrected chi connectivity index (χ3v) is 3.97. The van der Waals surface area contributed by atoms with Crippen LogP contribution in [0.2, 0.25) is 0 Å². The van der Waals surface area contributed by atoms with Gasteiger partial charge in [0, 0.05) is 42.3 Å². The molecule has 0 saturated carbocycles. The highest BCUT2D eigenvalue weighted by molar-refractivity contribution is 9.10. The molecule has 5 heteroatoms. The fourth-order valence-corrected chi connectivity index (χ4v) is 3.01. The molecule has 1 aliphatic rings. The number of rotatable bonds is 4. The van der Waals surface area contributed by atoms with Crippen molar-refractivity contribution < 1.29 is 8.78 Å². The van der Waals surface area contributed by atoms with Crippen molar-refractivity contribution >= 4 is 15.9 Å². The van der Waals surface area contributed by atoms with E-state index in [0.29, 0.717) is 10.9 Å². The highest BCUT2D eigenvalue weighted by Gasteiger charge is 2.27. The van der Waals surface area contributed by atoms with Gasteiger partial charge in [0.2, 0.25) is 0 Å². The molecule has 1 aromatic carbocycles. The van der Waals surface area contributed by atoms with Gasteiger partial charge in [-0.15, -0.1) is 6.58 Å². The third-order valence-electron chi connectivity index (χ3n) is 3.51. The number of nitrogens with zero attached hydrogens (tertiary/aromatic N) is 1. The maximum absolute atomic E-state index is 14.2. The van der Waals surface area contributed by atoms with Gasteiger partial charge in [0.15, 0.2) is 0 Å². The van der Waals surface area contributed by atoms with Crippen LogP contribution in [0.25, 0.3) is 0 Å². The Morgan fingerprint density at radius 3 is 2.40 bits per heavy atom. The molecule has 2 nitrogen and oxygen atoms in total. The zero-order valence-corrected chi connectivity index (χ0v) is 13.1. The molecular weight excluding hydrogens is 326 g/mol. The van der Waals surface area contributed by atoms with Gasteiger partial charge in [-0.3, -0.25) is 4.90 Å². The summed E-state index contributed by atoms with van der Waals surface area (Å²) >= 11 is 3.12. The van der Waals surface area contributed by atoms with Gasteiger partial charge in [-0.2, -0.15) is 0 Å². The Kier molecular flexibility index (Phi) is 5.29. The van der Waals surface area contributed by atoms with E-state index < -0.39 is 11.6 Å². The summed E-state index contributed by atoms with van der Waals surface area (Å²) in [7, 11) is 0. The Bertz CT molecular complexity index is 476. The van der Waals surface area contributed by atoms with E-state index in [1.54, 1.807) is 0 Å². The van der Waals surface area contributed by atoms with Crippen LogP contribution in [0.3, 0.4) is 0 Å². The van der Waals surface area contributed by atoms with Crippen LogP contribution in [0, 0.1) is 11.6 Å². The lowest BCUT2D eigenvalue weighted by molar-refractivity contribution is 0.166. The fraction of sp³-hybridized carbons (Fsp3) is 0.467. The quantitative estimate of drug-likeness (QED) is 0.839. The lowest BCUT2D eigenvalue weighted by Crippen LogP contribution is -2.45. The van der Waals surface area contributed by atoms with Crippen LogP contribution in [0.15, 0.2) is 28.8 Å². The van der Waals surface area contributed by atoms with Gasteiger partial charge in [0.1, 0.15) is 11.6 Å². The third kappa shape index (κ3) is 3.65. The number of hydrogen-bond acceptors (Lipinski definition) is 2. The van der Waals surface area contributed by atoms with Gasteiger partial charge < -0.3 is 5.32 Å². The number of halogens is 3. The predicted molar refractivity (Wildman–Crippen MR) is 80.7 cm³/mol. The molecule has 2 rings (SSSR count). The van der Waals surface area contributed by atoms with Crippen molar-refractivity contribution in [2.45, 2.75) is 19.4 Å². The summed E-state index contributed by atoms with van der Waals surface area (Å²) in [6.45, 7) is 9.04. The Hall–Kier alpha value is -0.780. The van der Waals surface area contributed by atoms with E-state index in [4.69, 9.17) is 0 Å². The van der Waals surface area contributed by atoms with Gasteiger partial charge in [-0.1, -0.05) is 21.5 Å². The van der Waals surface area contributed by atoms with Crippen molar-refractivity contribution in [3.63, 3.8) is 0 Å². The smallest absolute Gasteiger partial charge is 0.132 e. The first kappa shape index (κ1) is 15.6. The number of benzene rings is 1. The van der Waals surface area contributed by atoms with Crippen LogP contribution in [0.1, 0.15) is 24.9 Å². The molecule has 1 aliphatic heterocycles. The highest BCUT2D eigenvalue weighted by Crippen LogP contribution is 2.33. The second-order valence-corrected chi connectivity index (χ2v) is 6.16.